The van der Waals surface area contributed by atoms with Gasteiger partial charge in [-0.2, -0.15) is 0 Å². The zero-order valence-corrected chi connectivity index (χ0v) is 11.0. The number of likely N-dealkylation sites (tertiary alicyclic amines) is 1. The zero-order chi connectivity index (χ0) is 12.7. The third kappa shape index (κ3) is 2.16. The summed E-state index contributed by atoms with van der Waals surface area (Å²) in [5.41, 5.74) is 0. The molecular formula is C14H23NO3. The molecule has 0 aromatic heterocycles. The molecule has 2 bridgehead atoms. The fourth-order valence-electron chi connectivity index (χ4n) is 3.88. The summed E-state index contributed by atoms with van der Waals surface area (Å²) in [5.74, 6) is 0.378. The lowest BCUT2D eigenvalue weighted by Gasteiger charge is -2.30. The Bertz CT molecular complexity index is 331. The molecular weight excluding hydrogens is 230 g/mol. The molecule has 3 rings (SSSR count). The fourth-order valence-corrected chi connectivity index (χ4v) is 3.88. The Morgan fingerprint density at radius 3 is 2.89 bits per heavy atom. The van der Waals surface area contributed by atoms with Gasteiger partial charge in [-0.25, -0.2) is 0 Å². The molecule has 0 aromatic rings. The first-order chi connectivity index (χ1) is 8.65. The van der Waals surface area contributed by atoms with Gasteiger partial charge in [0.1, 0.15) is 0 Å². The van der Waals surface area contributed by atoms with Crippen molar-refractivity contribution >= 4 is 5.91 Å². The van der Waals surface area contributed by atoms with Crippen molar-refractivity contribution in [3.63, 3.8) is 0 Å². The van der Waals surface area contributed by atoms with Crippen molar-refractivity contribution in [1.29, 1.82) is 0 Å². The molecule has 4 nitrogen and oxygen atoms in total. The lowest BCUT2D eigenvalue weighted by Crippen LogP contribution is -2.43. The summed E-state index contributed by atoms with van der Waals surface area (Å²) in [7, 11) is 0. The molecule has 5 unspecified atom stereocenters. The van der Waals surface area contributed by atoms with E-state index in [2.05, 4.69) is 0 Å². The molecule has 4 heteroatoms. The number of hydrogen-bond donors (Lipinski definition) is 1. The molecule has 1 N–H and O–H groups in total. The molecule has 3 saturated heterocycles. The van der Waals surface area contributed by atoms with E-state index < -0.39 is 0 Å². The SMILES string of the molecule is CC(O)CC1CCCN1C(=O)C1CC2CCC1O2. The second kappa shape index (κ2) is 4.82. The summed E-state index contributed by atoms with van der Waals surface area (Å²) in [5, 5.41) is 9.52. The molecule has 3 fully saturated rings. The van der Waals surface area contributed by atoms with Crippen LogP contribution < -0.4 is 0 Å². The van der Waals surface area contributed by atoms with Gasteiger partial charge in [-0.15, -0.1) is 0 Å². The zero-order valence-electron chi connectivity index (χ0n) is 11.0. The summed E-state index contributed by atoms with van der Waals surface area (Å²) in [6, 6.07) is 0.247. The Morgan fingerprint density at radius 2 is 2.28 bits per heavy atom. The Morgan fingerprint density at radius 1 is 1.44 bits per heavy atom. The maximum Gasteiger partial charge on any atom is 0.228 e. The summed E-state index contributed by atoms with van der Waals surface area (Å²) in [6.45, 7) is 2.67. The molecule has 3 aliphatic rings. The summed E-state index contributed by atoms with van der Waals surface area (Å²) >= 11 is 0. The Balaban J connectivity index is 1.64. The lowest BCUT2D eigenvalue weighted by molar-refractivity contribution is -0.138. The average molecular weight is 253 g/mol. The number of nitrogens with zero attached hydrogens (tertiary/aromatic N) is 1. The van der Waals surface area contributed by atoms with Crippen molar-refractivity contribution in [3.05, 3.63) is 0 Å². The van der Waals surface area contributed by atoms with Gasteiger partial charge in [0.2, 0.25) is 5.91 Å². The van der Waals surface area contributed by atoms with Gasteiger partial charge in [-0.3, -0.25) is 4.79 Å². The minimum Gasteiger partial charge on any atom is -0.393 e. The normalized spacial score (nSPS) is 40.4. The number of aliphatic hydroxyl groups is 1. The maximum atomic E-state index is 12.6. The van der Waals surface area contributed by atoms with Crippen molar-refractivity contribution < 1.29 is 14.6 Å². The van der Waals surface area contributed by atoms with Crippen LogP contribution in [0.5, 0.6) is 0 Å². The molecule has 0 aromatic carbocycles. The highest BCUT2D eigenvalue weighted by molar-refractivity contribution is 5.80. The van der Waals surface area contributed by atoms with E-state index in [4.69, 9.17) is 4.74 Å². The van der Waals surface area contributed by atoms with Crippen molar-refractivity contribution in [2.75, 3.05) is 6.54 Å². The molecule has 0 radical (unpaired) electrons. The Hall–Kier alpha value is -0.610. The third-order valence-corrected chi connectivity index (χ3v) is 4.70. The van der Waals surface area contributed by atoms with Gasteiger partial charge in [0.15, 0.2) is 0 Å². The molecule has 0 spiro atoms. The molecule has 0 saturated carbocycles. The van der Waals surface area contributed by atoms with Gasteiger partial charge < -0.3 is 14.7 Å². The number of amides is 1. The predicted molar refractivity (Wildman–Crippen MR) is 67.0 cm³/mol. The third-order valence-electron chi connectivity index (χ3n) is 4.70. The van der Waals surface area contributed by atoms with E-state index in [1.807, 2.05) is 11.8 Å². The standard InChI is InChI=1S/C14H23NO3/c1-9(16)7-10-3-2-6-15(10)14(17)12-8-11-4-5-13(12)18-11/h9-13,16H,2-8H2,1H3. The Labute approximate surface area is 108 Å². The second-order valence-corrected chi connectivity index (χ2v) is 6.13. The number of rotatable bonds is 3. The van der Waals surface area contributed by atoms with Crippen LogP contribution in [0.15, 0.2) is 0 Å². The average Bonchev–Trinajstić information content (AvgIpc) is 3.01. The minimum absolute atomic E-state index is 0.0957. The van der Waals surface area contributed by atoms with Crippen LogP contribution in [-0.4, -0.2) is 46.8 Å². The van der Waals surface area contributed by atoms with Crippen LogP contribution in [0.4, 0.5) is 0 Å². The van der Waals surface area contributed by atoms with Crippen LogP contribution in [0.25, 0.3) is 0 Å². The van der Waals surface area contributed by atoms with E-state index in [1.165, 1.54) is 0 Å². The summed E-state index contributed by atoms with van der Waals surface area (Å²) in [6.07, 6.45) is 6.12. The lowest BCUT2D eigenvalue weighted by atomic mass is 9.88. The second-order valence-electron chi connectivity index (χ2n) is 6.13. The highest BCUT2D eigenvalue weighted by atomic mass is 16.5. The molecule has 102 valence electrons. The van der Waals surface area contributed by atoms with Crippen LogP contribution in [0.1, 0.15) is 45.4 Å². The Kier molecular flexibility index (Phi) is 3.32. The first-order valence-corrected chi connectivity index (χ1v) is 7.29. The van der Waals surface area contributed by atoms with Crippen LogP contribution in [-0.2, 0) is 9.53 Å². The quantitative estimate of drug-likeness (QED) is 0.825. The maximum absolute atomic E-state index is 12.6. The molecule has 18 heavy (non-hydrogen) atoms. The van der Waals surface area contributed by atoms with E-state index in [0.29, 0.717) is 12.5 Å². The van der Waals surface area contributed by atoms with E-state index in [9.17, 15) is 9.90 Å². The summed E-state index contributed by atoms with van der Waals surface area (Å²) < 4.78 is 5.79. The van der Waals surface area contributed by atoms with E-state index in [0.717, 1.165) is 38.6 Å². The topological polar surface area (TPSA) is 49.8 Å². The van der Waals surface area contributed by atoms with Gasteiger partial charge >= 0.3 is 0 Å². The summed E-state index contributed by atoms with van der Waals surface area (Å²) in [4.78, 5) is 14.6. The van der Waals surface area contributed by atoms with Gasteiger partial charge in [0, 0.05) is 12.6 Å². The van der Waals surface area contributed by atoms with E-state index in [-0.39, 0.29) is 30.1 Å². The molecule has 5 atom stereocenters. The first-order valence-electron chi connectivity index (χ1n) is 7.29. The minimum atomic E-state index is -0.320. The molecule has 0 aliphatic carbocycles. The number of aliphatic hydroxyl groups excluding tert-OH is 1. The molecule has 3 heterocycles. The van der Waals surface area contributed by atoms with Crippen LogP contribution in [0.2, 0.25) is 0 Å². The predicted octanol–water partition coefficient (Wildman–Crippen LogP) is 1.32. The fraction of sp³-hybridized carbons (Fsp3) is 0.929. The highest BCUT2D eigenvalue weighted by Crippen LogP contribution is 2.40. The number of carbonyl (C=O) groups is 1. The number of ether oxygens (including phenoxy) is 1. The van der Waals surface area contributed by atoms with Crippen LogP contribution in [0, 0.1) is 5.92 Å². The van der Waals surface area contributed by atoms with Crippen LogP contribution >= 0.6 is 0 Å². The van der Waals surface area contributed by atoms with Crippen molar-refractivity contribution in [2.24, 2.45) is 5.92 Å². The van der Waals surface area contributed by atoms with Gasteiger partial charge in [-0.05, 0) is 45.4 Å². The van der Waals surface area contributed by atoms with E-state index >= 15 is 0 Å². The number of hydrogen-bond acceptors (Lipinski definition) is 3. The van der Waals surface area contributed by atoms with Crippen molar-refractivity contribution in [3.8, 4) is 0 Å². The van der Waals surface area contributed by atoms with Gasteiger partial charge in [0.05, 0.1) is 24.2 Å². The highest BCUT2D eigenvalue weighted by Gasteiger charge is 2.47. The monoisotopic (exact) mass is 253 g/mol. The largest absolute Gasteiger partial charge is 0.393 e. The molecule has 3 aliphatic heterocycles. The van der Waals surface area contributed by atoms with Crippen molar-refractivity contribution in [1.82, 2.24) is 4.90 Å². The first kappa shape index (κ1) is 12.4. The smallest absolute Gasteiger partial charge is 0.228 e. The molecule has 1 amide bonds. The van der Waals surface area contributed by atoms with Gasteiger partial charge in [-0.1, -0.05) is 0 Å². The van der Waals surface area contributed by atoms with E-state index in [1.54, 1.807) is 0 Å². The van der Waals surface area contributed by atoms with Crippen LogP contribution in [0.3, 0.4) is 0 Å². The number of carbonyl (C=O) groups excluding carboxylic acids is 1. The van der Waals surface area contributed by atoms with Gasteiger partial charge in [0.25, 0.3) is 0 Å². The number of fused-ring (bicyclic) bond motifs is 2. The van der Waals surface area contributed by atoms with Crippen molar-refractivity contribution in [2.45, 2.75) is 69.8 Å².